The van der Waals surface area contributed by atoms with Crippen molar-refractivity contribution >= 4 is 27.3 Å². The maximum absolute atomic E-state index is 12.9. The van der Waals surface area contributed by atoms with Crippen molar-refractivity contribution in [3.63, 3.8) is 0 Å². The Balaban J connectivity index is 1.90. The summed E-state index contributed by atoms with van der Waals surface area (Å²) >= 11 is 0. The number of benzene rings is 2. The summed E-state index contributed by atoms with van der Waals surface area (Å²) in [4.78, 5) is 17.0. The molecule has 0 atom stereocenters. The van der Waals surface area contributed by atoms with Crippen LogP contribution in [0.15, 0.2) is 47.4 Å². The molecule has 1 amide bonds. The second-order valence-corrected chi connectivity index (χ2v) is 10.4. The van der Waals surface area contributed by atoms with Crippen molar-refractivity contribution in [2.45, 2.75) is 62.9 Å². The van der Waals surface area contributed by atoms with Gasteiger partial charge in [-0.3, -0.25) is 9.52 Å². The summed E-state index contributed by atoms with van der Waals surface area (Å²) in [7, 11) is 1.68. The highest BCUT2D eigenvalue weighted by Crippen LogP contribution is 2.30. The molecule has 0 heterocycles. The molecular weight excluding hydrogens is 438 g/mol. The third kappa shape index (κ3) is 6.19. The number of hydrogen-bond acceptors (Lipinski definition) is 5. The van der Waals surface area contributed by atoms with Crippen LogP contribution in [-0.4, -0.2) is 46.5 Å². The number of carbonyl (C=O) groups excluding carboxylic acids is 1. The van der Waals surface area contributed by atoms with Crippen LogP contribution in [0.5, 0.6) is 5.75 Å². The molecule has 0 aliphatic heterocycles. The molecule has 0 bridgehead atoms. The second kappa shape index (κ2) is 10.9. The Bertz CT molecular complexity index is 1050. The van der Waals surface area contributed by atoms with Crippen molar-refractivity contribution in [1.29, 1.82) is 0 Å². The van der Waals surface area contributed by atoms with Gasteiger partial charge in [0, 0.05) is 44.5 Å². The van der Waals surface area contributed by atoms with Gasteiger partial charge in [-0.2, -0.15) is 0 Å². The molecule has 2 aromatic rings. The Morgan fingerprint density at radius 2 is 1.73 bits per heavy atom. The summed E-state index contributed by atoms with van der Waals surface area (Å²) in [6.45, 7) is 2.35. The van der Waals surface area contributed by atoms with Gasteiger partial charge in [0.05, 0.1) is 12.0 Å². The number of nitrogens with one attached hydrogen (secondary N) is 1. The third-order valence-electron chi connectivity index (χ3n) is 6.16. The zero-order chi connectivity index (χ0) is 24.0. The van der Waals surface area contributed by atoms with Gasteiger partial charge >= 0.3 is 0 Å². The number of sulfonamides is 1. The molecule has 0 radical (unpaired) electrons. The smallest absolute Gasteiger partial charge is 0.261 e. The van der Waals surface area contributed by atoms with Crippen LogP contribution in [0.4, 0.5) is 11.4 Å². The molecule has 1 fully saturated rings. The molecule has 8 heteroatoms. The molecule has 1 saturated carbocycles. The topological polar surface area (TPSA) is 79.0 Å². The van der Waals surface area contributed by atoms with Gasteiger partial charge < -0.3 is 14.5 Å². The van der Waals surface area contributed by atoms with E-state index in [1.165, 1.54) is 25.7 Å². The molecule has 33 heavy (non-hydrogen) atoms. The lowest BCUT2D eigenvalue weighted by atomic mass is 9.93. The Morgan fingerprint density at radius 1 is 1.06 bits per heavy atom. The third-order valence-corrected chi connectivity index (χ3v) is 7.56. The largest absolute Gasteiger partial charge is 0.497 e. The first-order chi connectivity index (χ1) is 15.7. The molecule has 0 spiro atoms. The van der Waals surface area contributed by atoms with Crippen LogP contribution < -0.4 is 14.4 Å². The zero-order valence-corrected chi connectivity index (χ0v) is 20.8. The number of amides is 1. The van der Waals surface area contributed by atoms with Crippen LogP contribution in [0.3, 0.4) is 0 Å². The van der Waals surface area contributed by atoms with Gasteiger partial charge in [-0.15, -0.1) is 0 Å². The molecule has 180 valence electrons. The summed E-state index contributed by atoms with van der Waals surface area (Å²) in [5.41, 5.74) is 2.35. The molecule has 3 rings (SSSR count). The SMILES string of the molecule is CCC(=O)N(Cc1cc(NS(=O)(=O)c2ccc(OC)cc2)ccc1N(C)C)C1CCCCC1. The van der Waals surface area contributed by atoms with E-state index in [0.29, 0.717) is 24.4 Å². The van der Waals surface area contributed by atoms with Gasteiger partial charge in [0.2, 0.25) is 5.91 Å². The minimum absolute atomic E-state index is 0.135. The maximum atomic E-state index is 12.9. The van der Waals surface area contributed by atoms with E-state index in [9.17, 15) is 13.2 Å². The second-order valence-electron chi connectivity index (χ2n) is 8.69. The molecule has 1 N–H and O–H groups in total. The Kier molecular flexibility index (Phi) is 8.24. The number of nitrogens with zero attached hydrogens (tertiary/aromatic N) is 2. The van der Waals surface area contributed by atoms with E-state index in [1.807, 2.05) is 43.0 Å². The van der Waals surface area contributed by atoms with Crippen LogP contribution in [0.25, 0.3) is 0 Å². The maximum Gasteiger partial charge on any atom is 0.261 e. The number of anilines is 2. The van der Waals surface area contributed by atoms with Gasteiger partial charge in [0.15, 0.2) is 0 Å². The number of methoxy groups -OCH3 is 1. The number of hydrogen-bond donors (Lipinski definition) is 1. The van der Waals surface area contributed by atoms with E-state index in [2.05, 4.69) is 4.72 Å². The first-order valence-corrected chi connectivity index (χ1v) is 13.0. The van der Waals surface area contributed by atoms with Gasteiger partial charge in [-0.25, -0.2) is 8.42 Å². The van der Waals surface area contributed by atoms with Crippen molar-refractivity contribution < 1.29 is 17.9 Å². The lowest BCUT2D eigenvalue weighted by Gasteiger charge is -2.35. The zero-order valence-electron chi connectivity index (χ0n) is 20.0. The first-order valence-electron chi connectivity index (χ1n) is 11.5. The predicted octanol–water partition coefficient (Wildman–Crippen LogP) is 4.63. The molecule has 0 aromatic heterocycles. The molecule has 7 nitrogen and oxygen atoms in total. The summed E-state index contributed by atoms with van der Waals surface area (Å²) in [5.74, 6) is 0.728. The van der Waals surface area contributed by atoms with E-state index in [-0.39, 0.29) is 16.8 Å². The highest BCUT2D eigenvalue weighted by atomic mass is 32.2. The van der Waals surface area contributed by atoms with Crippen molar-refractivity contribution in [3.8, 4) is 5.75 Å². The standard InChI is InChI=1S/C25H35N3O4S/c1-5-25(29)28(21-9-7-6-8-10-21)18-19-17-20(11-16-24(19)27(2)3)26-33(30,31)23-14-12-22(32-4)13-15-23/h11-17,21,26H,5-10,18H2,1-4H3. The quantitative estimate of drug-likeness (QED) is 0.574. The fraction of sp³-hybridized carbons (Fsp3) is 0.480. The predicted molar refractivity (Wildman–Crippen MR) is 132 cm³/mol. The summed E-state index contributed by atoms with van der Waals surface area (Å²) < 4.78 is 33.7. The Morgan fingerprint density at radius 3 is 2.30 bits per heavy atom. The normalized spacial score (nSPS) is 14.5. The van der Waals surface area contributed by atoms with Crippen LogP contribution in [0.2, 0.25) is 0 Å². The van der Waals surface area contributed by atoms with E-state index in [0.717, 1.165) is 36.9 Å². The van der Waals surface area contributed by atoms with Crippen molar-refractivity contribution in [3.05, 3.63) is 48.0 Å². The molecule has 1 aliphatic carbocycles. The van der Waals surface area contributed by atoms with Gasteiger partial charge in [-0.1, -0.05) is 26.2 Å². The van der Waals surface area contributed by atoms with Crippen molar-refractivity contribution in [2.24, 2.45) is 0 Å². The average molecular weight is 474 g/mol. The van der Waals surface area contributed by atoms with Crippen LogP contribution in [0, 0.1) is 0 Å². The van der Waals surface area contributed by atoms with Gasteiger partial charge in [-0.05, 0) is 60.9 Å². The summed E-state index contributed by atoms with van der Waals surface area (Å²) in [6.07, 6.45) is 5.99. The van der Waals surface area contributed by atoms with Crippen LogP contribution >= 0.6 is 0 Å². The fourth-order valence-corrected chi connectivity index (χ4v) is 5.43. The minimum atomic E-state index is -3.76. The lowest BCUT2D eigenvalue weighted by molar-refractivity contribution is -0.134. The Labute approximate surface area is 197 Å². The van der Waals surface area contributed by atoms with E-state index in [1.54, 1.807) is 18.2 Å². The highest BCUT2D eigenvalue weighted by Gasteiger charge is 2.26. The lowest BCUT2D eigenvalue weighted by Crippen LogP contribution is -2.40. The molecule has 1 aliphatic rings. The molecule has 0 unspecified atom stereocenters. The van der Waals surface area contributed by atoms with E-state index in [4.69, 9.17) is 4.74 Å². The summed E-state index contributed by atoms with van der Waals surface area (Å²) in [5, 5.41) is 0. The first kappa shape index (κ1) is 24.9. The van der Waals surface area contributed by atoms with Crippen LogP contribution in [0.1, 0.15) is 51.0 Å². The number of carbonyl (C=O) groups is 1. The molecular formula is C25H35N3O4S. The van der Waals surface area contributed by atoms with E-state index < -0.39 is 10.0 Å². The van der Waals surface area contributed by atoms with Crippen LogP contribution in [-0.2, 0) is 21.4 Å². The minimum Gasteiger partial charge on any atom is -0.497 e. The molecule has 0 saturated heterocycles. The molecule has 2 aromatic carbocycles. The highest BCUT2D eigenvalue weighted by molar-refractivity contribution is 7.92. The average Bonchev–Trinajstić information content (AvgIpc) is 2.82. The van der Waals surface area contributed by atoms with Crippen molar-refractivity contribution in [2.75, 3.05) is 30.8 Å². The number of ether oxygens (including phenoxy) is 1. The monoisotopic (exact) mass is 473 g/mol. The van der Waals surface area contributed by atoms with Gasteiger partial charge in [0.1, 0.15) is 5.75 Å². The fourth-order valence-electron chi connectivity index (χ4n) is 4.38. The van der Waals surface area contributed by atoms with Crippen molar-refractivity contribution in [1.82, 2.24) is 4.90 Å². The number of rotatable bonds is 9. The Hall–Kier alpha value is -2.74. The summed E-state index contributed by atoms with van der Waals surface area (Å²) in [6, 6.07) is 12.0. The van der Waals surface area contributed by atoms with Gasteiger partial charge in [0.25, 0.3) is 10.0 Å². The van der Waals surface area contributed by atoms with E-state index >= 15 is 0 Å².